The second-order valence-corrected chi connectivity index (χ2v) is 15.8. The summed E-state index contributed by atoms with van der Waals surface area (Å²) in [4.78, 5) is 0. The zero-order valence-corrected chi connectivity index (χ0v) is 20.4. The molecule has 2 fully saturated rings. The van der Waals surface area contributed by atoms with Gasteiger partial charge in [0, 0.05) is 28.4 Å². The van der Waals surface area contributed by atoms with E-state index in [-0.39, 0.29) is 51.1 Å². The lowest BCUT2D eigenvalue weighted by molar-refractivity contribution is -0.0681. The highest BCUT2D eigenvalue weighted by Crippen LogP contribution is 2.62. The van der Waals surface area contributed by atoms with Crippen LogP contribution in [0.25, 0.3) is 0 Å². The van der Waals surface area contributed by atoms with Crippen molar-refractivity contribution in [1.82, 2.24) is 0 Å². The van der Waals surface area contributed by atoms with Crippen molar-refractivity contribution in [2.45, 2.75) is 0 Å². The largest absolute Gasteiger partial charge is 0.331 e. The van der Waals surface area contributed by atoms with Crippen LogP contribution in [0.4, 0.5) is 0 Å². The molecule has 0 aromatic rings. The Balaban J connectivity index is 1.87. The monoisotopic (exact) mass is 500 g/mol. The van der Waals surface area contributed by atoms with Crippen LogP contribution in [-0.2, 0) is 54.5 Å². The van der Waals surface area contributed by atoms with Gasteiger partial charge in [0.05, 0.1) is 56.5 Å². The molecule has 0 aromatic carbocycles. The Bertz CT molecular complexity index is 649. The van der Waals surface area contributed by atoms with Crippen molar-refractivity contribution < 1.29 is 54.5 Å². The van der Waals surface area contributed by atoms with Crippen LogP contribution in [0.3, 0.4) is 0 Å². The lowest BCUT2D eigenvalue weighted by Crippen LogP contribution is -2.46. The molecule has 2 heterocycles. The molecule has 2 rings (SSSR count). The van der Waals surface area contributed by atoms with E-state index in [1.807, 2.05) is 0 Å². The SMILES string of the molecule is COP(=O)(CCP1(=O)OCC2(CO1)COP(=O)(CCP(=O)(OC)OC)OC2)OC. The van der Waals surface area contributed by atoms with Gasteiger partial charge in [0.15, 0.2) is 0 Å². The third kappa shape index (κ3) is 6.79. The highest BCUT2D eigenvalue weighted by atomic mass is 31.2. The molecule has 0 N–H and O–H groups in total. The summed E-state index contributed by atoms with van der Waals surface area (Å²) < 4.78 is 90.5. The predicted molar refractivity (Wildman–Crippen MR) is 104 cm³/mol. The summed E-state index contributed by atoms with van der Waals surface area (Å²) in [7, 11) is -8.68. The molecule has 29 heavy (non-hydrogen) atoms. The zero-order valence-electron chi connectivity index (χ0n) is 16.8. The number of rotatable bonds is 10. The first-order valence-electron chi connectivity index (χ1n) is 8.66. The Hall–Kier alpha value is 0.600. The van der Waals surface area contributed by atoms with Crippen molar-refractivity contribution in [2.75, 3.05) is 79.5 Å². The van der Waals surface area contributed by atoms with Crippen LogP contribution in [0.5, 0.6) is 0 Å². The molecule has 0 atom stereocenters. The summed E-state index contributed by atoms with van der Waals surface area (Å²) >= 11 is 0. The van der Waals surface area contributed by atoms with Gasteiger partial charge in [-0.3, -0.25) is 18.3 Å². The third-order valence-corrected chi connectivity index (χ3v) is 12.8. The Morgan fingerprint density at radius 2 is 0.966 bits per heavy atom. The van der Waals surface area contributed by atoms with Crippen LogP contribution >= 0.6 is 30.4 Å². The maximum Gasteiger partial charge on any atom is 0.331 e. The summed E-state index contributed by atoms with van der Waals surface area (Å²) in [5.41, 5.74) is -0.778. The molecule has 1 spiro atoms. The predicted octanol–water partition coefficient (Wildman–Crippen LogP) is 3.42. The molecule has 12 nitrogen and oxygen atoms in total. The first kappa shape index (κ1) is 25.9. The molecule has 16 heteroatoms. The van der Waals surface area contributed by atoms with Crippen LogP contribution in [0.1, 0.15) is 0 Å². The molecule has 2 saturated heterocycles. The Morgan fingerprint density at radius 3 is 1.21 bits per heavy atom. The fourth-order valence-corrected chi connectivity index (χ4v) is 10.0. The van der Waals surface area contributed by atoms with Gasteiger partial charge in [-0.05, 0) is 0 Å². The van der Waals surface area contributed by atoms with E-state index in [1.165, 1.54) is 28.4 Å². The van der Waals surface area contributed by atoms with Crippen LogP contribution < -0.4 is 0 Å². The van der Waals surface area contributed by atoms with Crippen molar-refractivity contribution in [2.24, 2.45) is 5.41 Å². The third-order valence-electron chi connectivity index (χ3n) is 4.68. The maximum absolute atomic E-state index is 12.7. The quantitative estimate of drug-likeness (QED) is 0.406. The highest BCUT2D eigenvalue weighted by molar-refractivity contribution is 7.58. The topological polar surface area (TPSA) is 142 Å². The first-order valence-corrected chi connectivity index (χ1v) is 15.6. The average Bonchev–Trinajstić information content (AvgIpc) is 2.75. The molecule has 0 unspecified atom stereocenters. The fourth-order valence-electron chi connectivity index (χ4n) is 2.53. The Labute approximate surface area is 170 Å². The number of hydrogen-bond donors (Lipinski definition) is 0. The summed E-state index contributed by atoms with van der Waals surface area (Å²) in [6.45, 7) is -0.0429. The Morgan fingerprint density at radius 1 is 0.690 bits per heavy atom. The lowest BCUT2D eigenvalue weighted by atomic mass is 9.93. The molecular formula is C13H28O12P4. The molecule has 0 radical (unpaired) electrons. The first-order chi connectivity index (χ1) is 13.5. The van der Waals surface area contributed by atoms with Gasteiger partial charge in [-0.1, -0.05) is 0 Å². The summed E-state index contributed by atoms with van der Waals surface area (Å²) in [6.07, 6.45) is -0.506. The van der Waals surface area contributed by atoms with Crippen LogP contribution in [0.15, 0.2) is 0 Å². The van der Waals surface area contributed by atoms with Crippen molar-refractivity contribution in [3.05, 3.63) is 0 Å². The van der Waals surface area contributed by atoms with Gasteiger partial charge >= 0.3 is 30.4 Å². The molecule has 2 aliphatic heterocycles. The summed E-state index contributed by atoms with van der Waals surface area (Å²) in [5, 5.41) is 0. The molecule has 2 aliphatic rings. The van der Waals surface area contributed by atoms with Crippen molar-refractivity contribution in [3.8, 4) is 0 Å². The molecule has 0 saturated carbocycles. The normalized spacial score (nSPS) is 33.8. The van der Waals surface area contributed by atoms with Gasteiger partial charge in [0.2, 0.25) is 0 Å². The molecule has 172 valence electrons. The van der Waals surface area contributed by atoms with Crippen molar-refractivity contribution >= 4 is 30.4 Å². The second-order valence-electron chi connectivity index (χ2n) is 6.66. The van der Waals surface area contributed by atoms with E-state index in [4.69, 9.17) is 36.2 Å². The van der Waals surface area contributed by atoms with Gasteiger partial charge in [-0.2, -0.15) is 0 Å². The molecule has 0 aliphatic carbocycles. The minimum atomic E-state index is -3.49. The van der Waals surface area contributed by atoms with E-state index in [9.17, 15) is 18.3 Å². The second kappa shape index (κ2) is 10.0. The van der Waals surface area contributed by atoms with E-state index < -0.39 is 35.8 Å². The molecule has 0 amide bonds. The summed E-state index contributed by atoms with van der Waals surface area (Å²) in [5.74, 6) is 0. The van der Waals surface area contributed by atoms with Gasteiger partial charge in [0.25, 0.3) is 0 Å². The van der Waals surface area contributed by atoms with E-state index in [2.05, 4.69) is 0 Å². The van der Waals surface area contributed by atoms with E-state index in [1.54, 1.807) is 0 Å². The van der Waals surface area contributed by atoms with Gasteiger partial charge in [0.1, 0.15) is 0 Å². The fraction of sp³-hybridized carbons (Fsp3) is 1.00. The van der Waals surface area contributed by atoms with Crippen LogP contribution in [-0.4, -0.2) is 79.5 Å². The zero-order chi connectivity index (χ0) is 21.8. The van der Waals surface area contributed by atoms with Crippen molar-refractivity contribution in [3.63, 3.8) is 0 Å². The molecule has 0 bridgehead atoms. The van der Waals surface area contributed by atoms with E-state index in [0.717, 1.165) is 0 Å². The minimum Gasteiger partial charge on any atom is -0.312 e. The maximum atomic E-state index is 12.7. The smallest absolute Gasteiger partial charge is 0.312 e. The number of hydrogen-bond acceptors (Lipinski definition) is 12. The summed E-state index contributed by atoms with van der Waals surface area (Å²) in [6, 6.07) is 0. The highest BCUT2D eigenvalue weighted by Gasteiger charge is 2.49. The van der Waals surface area contributed by atoms with Gasteiger partial charge < -0.3 is 36.2 Å². The average molecular weight is 500 g/mol. The lowest BCUT2D eigenvalue weighted by Gasteiger charge is -2.43. The van der Waals surface area contributed by atoms with Crippen LogP contribution in [0.2, 0.25) is 0 Å². The molecular weight excluding hydrogens is 472 g/mol. The molecule has 0 aromatic heterocycles. The van der Waals surface area contributed by atoms with Gasteiger partial charge in [-0.15, -0.1) is 0 Å². The van der Waals surface area contributed by atoms with Crippen molar-refractivity contribution in [1.29, 1.82) is 0 Å². The minimum absolute atomic E-state index is 0.0107. The van der Waals surface area contributed by atoms with E-state index in [0.29, 0.717) is 0 Å². The standard InChI is InChI=1S/C13H28O12P4/c1-18-26(14,19-2)5-7-28(16)22-9-13(10-23-28)11-24-29(17,25-12-13)8-6-27(15,20-3)21-4/h5-12H2,1-4H3. The Kier molecular flexibility index (Phi) is 8.95. The van der Waals surface area contributed by atoms with Gasteiger partial charge in [-0.25, -0.2) is 0 Å². The van der Waals surface area contributed by atoms with E-state index >= 15 is 0 Å². The van der Waals surface area contributed by atoms with Crippen LogP contribution in [0, 0.1) is 5.41 Å².